The van der Waals surface area contributed by atoms with E-state index in [1.807, 2.05) is 0 Å². The zero-order valence-electron chi connectivity index (χ0n) is 12.8. The second-order valence-corrected chi connectivity index (χ2v) is 8.32. The first-order valence-corrected chi connectivity index (χ1v) is 9.71. The van der Waals surface area contributed by atoms with Crippen LogP contribution in [0.1, 0.15) is 16.8 Å². The summed E-state index contributed by atoms with van der Waals surface area (Å²) < 4.78 is 39.3. The first-order valence-electron chi connectivity index (χ1n) is 7.34. The van der Waals surface area contributed by atoms with Gasteiger partial charge in [-0.25, -0.2) is 12.8 Å². The average molecular weight is 403 g/mol. The molecular formula is C16H13Cl2FN2O3S. The standard InChI is InChI=1S/C16H13Cl2FN2O3S/c17-10-3-1-4-11(7-10)20-16(22)13-8-12(9-14(19)15(13)18)21-5-2-6-25(21,23)24/h1,3-4,7-9H,2,5-6H2,(H,20,22). The van der Waals surface area contributed by atoms with E-state index in [2.05, 4.69) is 5.32 Å². The largest absolute Gasteiger partial charge is 0.322 e. The molecule has 2 aromatic carbocycles. The third kappa shape index (κ3) is 3.73. The zero-order valence-corrected chi connectivity index (χ0v) is 15.1. The van der Waals surface area contributed by atoms with E-state index in [-0.39, 0.29) is 28.6 Å². The lowest BCUT2D eigenvalue weighted by molar-refractivity contribution is 0.102. The van der Waals surface area contributed by atoms with E-state index in [0.717, 1.165) is 10.4 Å². The highest BCUT2D eigenvalue weighted by Gasteiger charge is 2.30. The molecule has 1 fully saturated rings. The minimum atomic E-state index is -3.50. The molecule has 0 bridgehead atoms. The van der Waals surface area contributed by atoms with Crippen molar-refractivity contribution < 1.29 is 17.6 Å². The molecule has 0 atom stereocenters. The van der Waals surface area contributed by atoms with Crippen LogP contribution in [0.25, 0.3) is 0 Å². The van der Waals surface area contributed by atoms with Crippen LogP contribution in [0.15, 0.2) is 36.4 Å². The molecule has 5 nitrogen and oxygen atoms in total. The monoisotopic (exact) mass is 402 g/mol. The third-order valence-corrected chi connectivity index (χ3v) is 6.22. The first-order chi connectivity index (χ1) is 11.8. The van der Waals surface area contributed by atoms with Crippen molar-refractivity contribution in [3.63, 3.8) is 0 Å². The second kappa shape index (κ2) is 6.82. The molecule has 1 aliphatic rings. The molecule has 1 heterocycles. The molecule has 1 N–H and O–H groups in total. The van der Waals surface area contributed by atoms with Gasteiger partial charge in [0.25, 0.3) is 5.91 Å². The van der Waals surface area contributed by atoms with E-state index in [4.69, 9.17) is 23.2 Å². The Morgan fingerprint density at radius 2 is 1.96 bits per heavy atom. The van der Waals surface area contributed by atoms with Gasteiger partial charge in [-0.2, -0.15) is 0 Å². The topological polar surface area (TPSA) is 66.5 Å². The molecule has 0 saturated carbocycles. The summed E-state index contributed by atoms with van der Waals surface area (Å²) in [5.41, 5.74) is 0.336. The van der Waals surface area contributed by atoms with Crippen LogP contribution in [-0.4, -0.2) is 26.6 Å². The Morgan fingerprint density at radius 1 is 1.20 bits per heavy atom. The van der Waals surface area contributed by atoms with Crippen molar-refractivity contribution >= 4 is 50.5 Å². The number of hydrogen-bond donors (Lipinski definition) is 1. The van der Waals surface area contributed by atoms with Crippen molar-refractivity contribution in [2.24, 2.45) is 0 Å². The summed E-state index contributed by atoms with van der Waals surface area (Å²) in [7, 11) is -3.50. The smallest absolute Gasteiger partial charge is 0.257 e. The Labute approximate surface area is 154 Å². The first kappa shape index (κ1) is 18.0. The van der Waals surface area contributed by atoms with Crippen molar-refractivity contribution in [1.82, 2.24) is 0 Å². The van der Waals surface area contributed by atoms with Crippen LogP contribution in [0, 0.1) is 5.82 Å². The summed E-state index contributed by atoms with van der Waals surface area (Å²) in [4.78, 5) is 12.5. The van der Waals surface area contributed by atoms with Crippen LogP contribution in [0.5, 0.6) is 0 Å². The number of hydrogen-bond acceptors (Lipinski definition) is 3. The zero-order chi connectivity index (χ0) is 18.2. The van der Waals surface area contributed by atoms with Gasteiger partial charge in [-0.3, -0.25) is 9.10 Å². The lowest BCUT2D eigenvalue weighted by atomic mass is 10.1. The fourth-order valence-electron chi connectivity index (χ4n) is 2.58. The molecule has 132 valence electrons. The van der Waals surface area contributed by atoms with Gasteiger partial charge in [0.2, 0.25) is 10.0 Å². The van der Waals surface area contributed by atoms with Gasteiger partial charge < -0.3 is 5.32 Å². The normalized spacial score (nSPS) is 16.0. The minimum absolute atomic E-state index is 0.0126. The van der Waals surface area contributed by atoms with Crippen LogP contribution in [0.2, 0.25) is 10.0 Å². The van der Waals surface area contributed by atoms with Crippen LogP contribution < -0.4 is 9.62 Å². The van der Waals surface area contributed by atoms with Gasteiger partial charge >= 0.3 is 0 Å². The lowest BCUT2D eigenvalue weighted by Crippen LogP contribution is -2.26. The number of rotatable bonds is 3. The van der Waals surface area contributed by atoms with Gasteiger partial charge in [0.05, 0.1) is 22.0 Å². The lowest BCUT2D eigenvalue weighted by Gasteiger charge is -2.18. The highest BCUT2D eigenvalue weighted by atomic mass is 35.5. The number of benzene rings is 2. The summed E-state index contributed by atoms with van der Waals surface area (Å²) in [6.45, 7) is 0.235. The van der Waals surface area contributed by atoms with E-state index >= 15 is 0 Å². The number of anilines is 2. The Balaban J connectivity index is 1.97. The van der Waals surface area contributed by atoms with Gasteiger partial charge in [0.15, 0.2) is 0 Å². The van der Waals surface area contributed by atoms with E-state index in [9.17, 15) is 17.6 Å². The molecule has 3 rings (SSSR count). The number of amides is 1. The number of nitrogens with zero attached hydrogens (tertiary/aromatic N) is 1. The number of nitrogens with one attached hydrogen (secondary N) is 1. The molecular weight excluding hydrogens is 390 g/mol. The molecule has 25 heavy (non-hydrogen) atoms. The van der Waals surface area contributed by atoms with Gasteiger partial charge in [-0.05, 0) is 36.8 Å². The van der Waals surface area contributed by atoms with E-state index < -0.39 is 21.7 Å². The van der Waals surface area contributed by atoms with Crippen molar-refractivity contribution in [2.45, 2.75) is 6.42 Å². The molecule has 1 aliphatic heterocycles. The fourth-order valence-corrected chi connectivity index (χ4v) is 4.51. The Bertz CT molecular complexity index is 950. The van der Waals surface area contributed by atoms with Crippen LogP contribution in [0.4, 0.5) is 15.8 Å². The Kier molecular flexibility index (Phi) is 4.90. The number of sulfonamides is 1. The quantitative estimate of drug-likeness (QED) is 0.845. The predicted molar refractivity (Wildman–Crippen MR) is 96.6 cm³/mol. The summed E-state index contributed by atoms with van der Waals surface area (Å²) in [6.07, 6.45) is 0.441. The molecule has 0 aliphatic carbocycles. The van der Waals surface area contributed by atoms with Gasteiger partial charge in [-0.15, -0.1) is 0 Å². The number of carbonyl (C=O) groups is 1. The van der Waals surface area contributed by atoms with Gasteiger partial charge in [0, 0.05) is 17.3 Å². The summed E-state index contributed by atoms with van der Waals surface area (Å²) in [5.74, 6) is -1.54. The molecule has 0 aromatic heterocycles. The van der Waals surface area contributed by atoms with Gasteiger partial charge in [0.1, 0.15) is 5.82 Å². The molecule has 0 radical (unpaired) electrons. The van der Waals surface area contributed by atoms with Crippen molar-refractivity contribution in [3.05, 3.63) is 57.8 Å². The maximum atomic E-state index is 14.2. The molecule has 0 spiro atoms. The van der Waals surface area contributed by atoms with Crippen LogP contribution in [0.3, 0.4) is 0 Å². The van der Waals surface area contributed by atoms with Crippen molar-refractivity contribution in [2.75, 3.05) is 21.9 Å². The number of carbonyl (C=O) groups excluding carboxylic acids is 1. The predicted octanol–water partition coefficient (Wildman–Crippen LogP) is 3.92. The summed E-state index contributed by atoms with van der Waals surface area (Å²) in [5, 5.41) is 2.61. The van der Waals surface area contributed by atoms with E-state index in [1.54, 1.807) is 18.2 Å². The maximum Gasteiger partial charge on any atom is 0.257 e. The molecule has 1 saturated heterocycles. The maximum absolute atomic E-state index is 14.2. The SMILES string of the molecule is O=C(Nc1cccc(Cl)c1)c1cc(N2CCCS2(=O)=O)cc(F)c1Cl. The minimum Gasteiger partial charge on any atom is -0.322 e. The molecule has 9 heteroatoms. The average Bonchev–Trinajstić information content (AvgIpc) is 2.89. The molecule has 2 aromatic rings. The Morgan fingerprint density at radius 3 is 2.60 bits per heavy atom. The van der Waals surface area contributed by atoms with E-state index in [0.29, 0.717) is 17.1 Å². The highest BCUT2D eigenvalue weighted by molar-refractivity contribution is 7.93. The molecule has 1 amide bonds. The van der Waals surface area contributed by atoms with Crippen LogP contribution >= 0.6 is 23.2 Å². The van der Waals surface area contributed by atoms with Gasteiger partial charge in [-0.1, -0.05) is 29.3 Å². The highest BCUT2D eigenvalue weighted by Crippen LogP contribution is 2.31. The van der Waals surface area contributed by atoms with Crippen molar-refractivity contribution in [3.8, 4) is 0 Å². The molecule has 0 unspecified atom stereocenters. The van der Waals surface area contributed by atoms with Crippen LogP contribution in [-0.2, 0) is 10.0 Å². The summed E-state index contributed by atoms with van der Waals surface area (Å²) in [6, 6.07) is 8.72. The number of halogens is 3. The summed E-state index contributed by atoms with van der Waals surface area (Å²) >= 11 is 11.8. The Hall–Kier alpha value is -1.83. The third-order valence-electron chi connectivity index (χ3n) is 3.73. The van der Waals surface area contributed by atoms with E-state index in [1.165, 1.54) is 12.1 Å². The second-order valence-electron chi connectivity index (χ2n) is 5.50. The fraction of sp³-hybridized carbons (Fsp3) is 0.188. The van der Waals surface area contributed by atoms with Crippen molar-refractivity contribution in [1.29, 1.82) is 0 Å².